The fraction of sp³-hybridized carbons (Fsp3) is 0.333. The largest absolute Gasteiger partial charge is 0.398 e. The molecule has 0 saturated heterocycles. The summed E-state index contributed by atoms with van der Waals surface area (Å²) in [5, 5.41) is 8.02. The molecular weight excluding hydrogens is 257 g/mol. The van der Waals surface area contributed by atoms with Crippen LogP contribution in [0.4, 0.5) is 4.39 Å². The van der Waals surface area contributed by atoms with Crippen LogP contribution < -0.4 is 11.5 Å². The first-order valence-corrected chi connectivity index (χ1v) is 6.65. The molecule has 0 atom stereocenters. The monoisotopic (exact) mass is 275 g/mol. The van der Waals surface area contributed by atoms with E-state index in [0.29, 0.717) is 5.71 Å². The molecule has 5 N–H and O–H groups in total. The zero-order valence-electron chi connectivity index (χ0n) is 11.2. The highest BCUT2D eigenvalue weighted by Gasteiger charge is 2.20. The molecule has 5 heteroatoms. The smallest absolute Gasteiger partial charge is 0.249 e. The number of nitrogens with two attached hydrogens (primary N) is 2. The van der Waals surface area contributed by atoms with Gasteiger partial charge >= 0.3 is 0 Å². The summed E-state index contributed by atoms with van der Waals surface area (Å²) in [6.45, 7) is 0. The molecule has 1 aromatic carbocycles. The van der Waals surface area contributed by atoms with Crippen LogP contribution >= 0.6 is 0 Å². The van der Waals surface area contributed by atoms with Crippen molar-refractivity contribution in [3.8, 4) is 0 Å². The van der Waals surface area contributed by atoms with Crippen LogP contribution in [0, 0.1) is 17.1 Å². The molecule has 2 rings (SSSR count). The van der Waals surface area contributed by atoms with Crippen molar-refractivity contribution in [2.75, 3.05) is 0 Å². The first kappa shape index (κ1) is 14.2. The maximum Gasteiger partial charge on any atom is 0.249 e. The normalized spacial score (nSPS) is 16.4. The van der Waals surface area contributed by atoms with Crippen molar-refractivity contribution >= 4 is 17.3 Å². The van der Waals surface area contributed by atoms with Gasteiger partial charge in [-0.3, -0.25) is 4.79 Å². The first-order chi connectivity index (χ1) is 9.50. The summed E-state index contributed by atoms with van der Waals surface area (Å²) >= 11 is 0. The number of nitrogens with one attached hydrogen (secondary N) is 1. The second kappa shape index (κ2) is 5.86. The Morgan fingerprint density at radius 1 is 1.30 bits per heavy atom. The van der Waals surface area contributed by atoms with E-state index in [1.165, 1.54) is 24.3 Å². The second-order valence-electron chi connectivity index (χ2n) is 5.06. The predicted molar refractivity (Wildman–Crippen MR) is 76.8 cm³/mol. The minimum atomic E-state index is -0.733. The zero-order valence-corrected chi connectivity index (χ0v) is 11.2. The number of primary amides is 1. The average molecular weight is 275 g/mol. The van der Waals surface area contributed by atoms with Crippen LogP contribution in [0.25, 0.3) is 5.70 Å². The molecule has 0 aliphatic heterocycles. The third-order valence-corrected chi connectivity index (χ3v) is 3.67. The summed E-state index contributed by atoms with van der Waals surface area (Å²) in [6, 6.07) is 4.07. The summed E-state index contributed by atoms with van der Waals surface area (Å²) < 4.78 is 13.9. The van der Waals surface area contributed by atoms with Crippen LogP contribution in [0.5, 0.6) is 0 Å². The lowest BCUT2D eigenvalue weighted by Gasteiger charge is -2.11. The maximum absolute atomic E-state index is 13.9. The Balaban J connectivity index is 2.35. The van der Waals surface area contributed by atoms with Crippen molar-refractivity contribution < 1.29 is 9.18 Å². The average Bonchev–Trinajstić information content (AvgIpc) is 2.91. The molecule has 4 nitrogen and oxygen atoms in total. The van der Waals surface area contributed by atoms with E-state index in [2.05, 4.69) is 0 Å². The number of carbonyl (C=O) groups excluding carboxylic acids is 1. The van der Waals surface area contributed by atoms with Gasteiger partial charge in [0, 0.05) is 22.9 Å². The van der Waals surface area contributed by atoms with E-state index in [1.807, 2.05) is 0 Å². The summed E-state index contributed by atoms with van der Waals surface area (Å²) in [6.07, 6.45) is 5.58. The molecule has 1 amide bonds. The highest BCUT2D eigenvalue weighted by Crippen LogP contribution is 2.27. The Bertz CT molecular complexity index is 574. The number of carbonyl (C=O) groups is 1. The third kappa shape index (κ3) is 2.87. The lowest BCUT2D eigenvalue weighted by atomic mass is 9.97. The lowest BCUT2D eigenvalue weighted by molar-refractivity contribution is 0.0999. The van der Waals surface area contributed by atoms with E-state index in [0.717, 1.165) is 25.7 Å². The number of hydrogen-bond donors (Lipinski definition) is 3. The molecule has 0 radical (unpaired) electrons. The van der Waals surface area contributed by atoms with Gasteiger partial charge in [0.2, 0.25) is 5.91 Å². The molecule has 0 heterocycles. The van der Waals surface area contributed by atoms with Gasteiger partial charge in [0.15, 0.2) is 0 Å². The van der Waals surface area contributed by atoms with E-state index in [1.54, 1.807) is 0 Å². The van der Waals surface area contributed by atoms with Crippen molar-refractivity contribution in [2.45, 2.75) is 25.7 Å². The van der Waals surface area contributed by atoms with Gasteiger partial charge in [-0.25, -0.2) is 4.39 Å². The fourth-order valence-corrected chi connectivity index (χ4v) is 2.62. The molecule has 1 saturated carbocycles. The van der Waals surface area contributed by atoms with Gasteiger partial charge in [0.05, 0.1) is 5.56 Å². The number of amides is 1. The standard InChI is InChI=1S/C15H18FN3O/c16-11-7-3-6-10(15(19)20)14(11)13(18)8-12(17)9-4-1-2-5-9/h3,6-9,17H,1-2,4-5,18H2,(H2,19,20). The first-order valence-electron chi connectivity index (χ1n) is 6.65. The number of rotatable bonds is 4. The van der Waals surface area contributed by atoms with Gasteiger partial charge in [-0.2, -0.15) is 0 Å². The number of allylic oxidation sites excluding steroid dienone is 1. The predicted octanol–water partition coefficient (Wildman–Crippen LogP) is 2.43. The summed E-state index contributed by atoms with van der Waals surface area (Å²) in [5.74, 6) is -1.16. The molecule has 0 unspecified atom stereocenters. The Morgan fingerprint density at radius 2 is 1.95 bits per heavy atom. The van der Waals surface area contributed by atoms with Gasteiger partial charge in [-0.05, 0) is 31.1 Å². The Morgan fingerprint density at radius 3 is 2.55 bits per heavy atom. The molecule has 0 spiro atoms. The van der Waals surface area contributed by atoms with Crippen molar-refractivity contribution in [3.05, 3.63) is 41.2 Å². The number of halogens is 1. The Kier molecular flexibility index (Phi) is 4.17. The summed E-state index contributed by atoms with van der Waals surface area (Å²) in [5.41, 5.74) is 11.6. The zero-order chi connectivity index (χ0) is 14.7. The second-order valence-corrected chi connectivity index (χ2v) is 5.06. The molecule has 1 aliphatic carbocycles. The molecule has 20 heavy (non-hydrogen) atoms. The maximum atomic E-state index is 13.9. The van der Waals surface area contributed by atoms with E-state index in [9.17, 15) is 9.18 Å². The van der Waals surface area contributed by atoms with E-state index >= 15 is 0 Å². The summed E-state index contributed by atoms with van der Waals surface area (Å²) in [7, 11) is 0. The van der Waals surface area contributed by atoms with E-state index in [-0.39, 0.29) is 22.7 Å². The van der Waals surface area contributed by atoms with E-state index in [4.69, 9.17) is 16.9 Å². The van der Waals surface area contributed by atoms with Crippen molar-refractivity contribution in [1.82, 2.24) is 0 Å². The third-order valence-electron chi connectivity index (χ3n) is 3.67. The lowest BCUT2D eigenvalue weighted by Crippen LogP contribution is -2.17. The van der Waals surface area contributed by atoms with Crippen molar-refractivity contribution in [2.24, 2.45) is 17.4 Å². The van der Waals surface area contributed by atoms with Gasteiger partial charge < -0.3 is 16.9 Å². The fourth-order valence-electron chi connectivity index (χ4n) is 2.62. The van der Waals surface area contributed by atoms with Crippen molar-refractivity contribution in [3.63, 3.8) is 0 Å². The topological polar surface area (TPSA) is 93.0 Å². The van der Waals surface area contributed by atoms with Crippen LogP contribution in [-0.2, 0) is 0 Å². The molecule has 0 aromatic heterocycles. The summed E-state index contributed by atoms with van der Waals surface area (Å²) in [4.78, 5) is 11.3. The number of benzene rings is 1. The van der Waals surface area contributed by atoms with Gasteiger partial charge in [0.1, 0.15) is 5.82 Å². The van der Waals surface area contributed by atoms with E-state index < -0.39 is 11.7 Å². The minimum absolute atomic E-state index is 0.0113. The van der Waals surface area contributed by atoms with Crippen LogP contribution in [-0.4, -0.2) is 11.6 Å². The quantitative estimate of drug-likeness (QED) is 0.736. The van der Waals surface area contributed by atoms with Gasteiger partial charge in [-0.1, -0.05) is 18.9 Å². The highest BCUT2D eigenvalue weighted by molar-refractivity contribution is 6.03. The van der Waals surface area contributed by atoms with Gasteiger partial charge in [-0.15, -0.1) is 0 Å². The van der Waals surface area contributed by atoms with Crippen LogP contribution in [0.2, 0.25) is 0 Å². The molecule has 1 aromatic rings. The Hall–Kier alpha value is -2.17. The molecule has 0 bridgehead atoms. The van der Waals surface area contributed by atoms with Crippen LogP contribution in [0.1, 0.15) is 41.6 Å². The SMILES string of the molecule is N=C(C=C(N)c1c(F)cccc1C(N)=O)C1CCCC1. The molecular formula is C15H18FN3O. The molecule has 1 aliphatic rings. The van der Waals surface area contributed by atoms with Crippen LogP contribution in [0.15, 0.2) is 24.3 Å². The molecule has 106 valence electrons. The van der Waals surface area contributed by atoms with Crippen molar-refractivity contribution in [1.29, 1.82) is 5.41 Å². The minimum Gasteiger partial charge on any atom is -0.398 e. The Labute approximate surface area is 117 Å². The highest BCUT2D eigenvalue weighted by atomic mass is 19.1. The number of hydrogen-bond acceptors (Lipinski definition) is 3. The van der Waals surface area contributed by atoms with Gasteiger partial charge in [0.25, 0.3) is 0 Å². The molecule has 1 fully saturated rings. The van der Waals surface area contributed by atoms with Crippen LogP contribution in [0.3, 0.4) is 0 Å².